The highest BCUT2D eigenvalue weighted by atomic mass is 16.2. The largest absolute Gasteiger partial charge is 0.290 e. The maximum atomic E-state index is 12.0. The molecule has 21 heavy (non-hydrogen) atoms. The molecule has 4 nitrogen and oxygen atoms in total. The highest BCUT2D eigenvalue weighted by Gasteiger charge is 2.38. The fourth-order valence-electron chi connectivity index (χ4n) is 2.38. The average Bonchev–Trinajstić information content (AvgIpc) is 2.81. The minimum atomic E-state index is -0.609. The summed E-state index contributed by atoms with van der Waals surface area (Å²) in [6.45, 7) is 0.389. The second-order valence-electron chi connectivity index (χ2n) is 4.85. The van der Waals surface area contributed by atoms with Crippen LogP contribution in [0.4, 0.5) is 0 Å². The lowest BCUT2D eigenvalue weighted by Gasteiger charge is -2.07. The summed E-state index contributed by atoms with van der Waals surface area (Å²) in [7, 11) is 0. The van der Waals surface area contributed by atoms with Gasteiger partial charge < -0.3 is 0 Å². The molecule has 2 aromatic rings. The maximum Gasteiger partial charge on any atom is 0.272 e. The van der Waals surface area contributed by atoms with E-state index in [9.17, 15) is 9.59 Å². The Morgan fingerprint density at radius 3 is 2.19 bits per heavy atom. The van der Waals surface area contributed by atoms with Crippen LogP contribution in [0.1, 0.15) is 17.0 Å². The lowest BCUT2D eigenvalue weighted by atomic mass is 9.96. The van der Waals surface area contributed by atoms with Crippen molar-refractivity contribution in [1.82, 2.24) is 5.32 Å². The van der Waals surface area contributed by atoms with Crippen LogP contribution in [0.5, 0.6) is 0 Å². The number of carbonyl (C=O) groups is 2. The summed E-state index contributed by atoms with van der Waals surface area (Å²) in [5.41, 5.74) is 2.08. The number of carbonyl (C=O) groups excluding carboxylic acids is 2. The quantitative estimate of drug-likeness (QED) is 0.874. The van der Waals surface area contributed by atoms with Crippen molar-refractivity contribution < 1.29 is 9.59 Å². The number of rotatable bonds is 3. The van der Waals surface area contributed by atoms with Crippen molar-refractivity contribution in [2.45, 2.75) is 12.5 Å². The molecule has 1 N–H and O–H groups in total. The van der Waals surface area contributed by atoms with E-state index in [1.807, 2.05) is 60.7 Å². The Labute approximate surface area is 122 Å². The summed E-state index contributed by atoms with van der Waals surface area (Å²) in [4.78, 5) is 28.3. The molecule has 1 saturated heterocycles. The molecule has 1 atom stereocenters. The molecule has 0 aliphatic carbocycles. The molecule has 0 spiro atoms. The number of amides is 2. The zero-order valence-electron chi connectivity index (χ0n) is 11.3. The lowest BCUT2D eigenvalue weighted by molar-refractivity contribution is -0.124. The first-order chi connectivity index (χ1) is 10.3. The molecule has 1 fully saturated rings. The van der Waals surface area contributed by atoms with Crippen LogP contribution >= 0.6 is 0 Å². The fraction of sp³-hybridized carbons (Fsp3) is 0.118. The summed E-state index contributed by atoms with van der Waals surface area (Å²) in [6, 6.07) is 18.9. The first-order valence-electron chi connectivity index (χ1n) is 6.74. The Hall–Kier alpha value is -2.75. The van der Waals surface area contributed by atoms with Gasteiger partial charge in [-0.25, -0.2) is 0 Å². The van der Waals surface area contributed by atoms with Crippen LogP contribution in [0.2, 0.25) is 0 Å². The third kappa shape index (κ3) is 2.74. The zero-order chi connectivity index (χ0) is 14.7. The molecule has 1 heterocycles. The van der Waals surface area contributed by atoms with Crippen LogP contribution in [0.3, 0.4) is 0 Å². The predicted octanol–water partition coefficient (Wildman–Crippen LogP) is 2.07. The van der Waals surface area contributed by atoms with Crippen LogP contribution < -0.4 is 5.32 Å². The molecule has 3 rings (SSSR count). The fourth-order valence-corrected chi connectivity index (χ4v) is 2.38. The summed E-state index contributed by atoms with van der Waals surface area (Å²) in [6.07, 6.45) is 0. The highest BCUT2D eigenvalue weighted by Crippen LogP contribution is 2.22. The van der Waals surface area contributed by atoms with Gasteiger partial charge in [0.25, 0.3) is 5.91 Å². The third-order valence-electron chi connectivity index (χ3n) is 3.41. The molecule has 2 aromatic carbocycles. The van der Waals surface area contributed by atoms with Gasteiger partial charge in [-0.3, -0.25) is 19.9 Å². The van der Waals surface area contributed by atoms with E-state index in [4.69, 9.17) is 0 Å². The molecule has 1 unspecified atom stereocenters. The Bertz CT molecular complexity index is 693. The number of nitrogens with zero attached hydrogens (tertiary/aromatic N) is 1. The summed E-state index contributed by atoms with van der Waals surface area (Å²) in [5.74, 6) is -1.31. The summed E-state index contributed by atoms with van der Waals surface area (Å²) < 4.78 is 0. The minimum Gasteiger partial charge on any atom is -0.290 e. The standard InChI is InChI=1S/C17H14N2O2/c20-16-14(13-9-5-2-6-10-13)15(17(21)19-16)18-11-12-7-3-1-4-8-12/h1-10,14H,11H2,(H,19,20,21). The van der Waals surface area contributed by atoms with Crippen molar-refractivity contribution in [2.24, 2.45) is 4.99 Å². The molecule has 1 aliphatic rings. The molecular formula is C17H14N2O2. The number of aliphatic imine (C=N–C) groups is 1. The van der Waals surface area contributed by atoms with E-state index in [0.29, 0.717) is 6.54 Å². The SMILES string of the molecule is O=C1NC(=O)C(c2ccccc2)C1=NCc1ccccc1. The van der Waals surface area contributed by atoms with Gasteiger partial charge in [0.2, 0.25) is 5.91 Å². The number of benzene rings is 2. The monoisotopic (exact) mass is 278 g/mol. The van der Waals surface area contributed by atoms with Gasteiger partial charge in [-0.15, -0.1) is 0 Å². The number of hydrogen-bond acceptors (Lipinski definition) is 3. The molecule has 0 saturated carbocycles. The smallest absolute Gasteiger partial charge is 0.272 e. The predicted molar refractivity (Wildman–Crippen MR) is 79.9 cm³/mol. The molecule has 104 valence electrons. The van der Waals surface area contributed by atoms with Crippen LogP contribution in [0, 0.1) is 0 Å². The summed E-state index contributed by atoms with van der Waals surface area (Å²) in [5, 5.41) is 2.34. The second-order valence-corrected chi connectivity index (χ2v) is 4.85. The molecule has 4 heteroatoms. The van der Waals surface area contributed by atoms with E-state index in [-0.39, 0.29) is 11.6 Å². The lowest BCUT2D eigenvalue weighted by Crippen LogP contribution is -2.22. The van der Waals surface area contributed by atoms with Crippen LogP contribution in [-0.4, -0.2) is 17.5 Å². The first kappa shape index (κ1) is 13.2. The Kier molecular flexibility index (Phi) is 3.60. The third-order valence-corrected chi connectivity index (χ3v) is 3.41. The van der Waals surface area contributed by atoms with E-state index in [1.165, 1.54) is 0 Å². The van der Waals surface area contributed by atoms with Crippen molar-refractivity contribution in [3.05, 3.63) is 71.8 Å². The van der Waals surface area contributed by atoms with E-state index in [2.05, 4.69) is 10.3 Å². The average molecular weight is 278 g/mol. The van der Waals surface area contributed by atoms with Gasteiger partial charge in [0.05, 0.1) is 6.54 Å². The maximum absolute atomic E-state index is 12.0. The number of nitrogens with one attached hydrogen (secondary N) is 1. The van der Waals surface area contributed by atoms with Crippen LogP contribution in [0.15, 0.2) is 65.7 Å². The van der Waals surface area contributed by atoms with Crippen molar-refractivity contribution in [3.63, 3.8) is 0 Å². The Balaban J connectivity index is 1.91. The zero-order valence-corrected chi connectivity index (χ0v) is 11.3. The molecule has 0 aromatic heterocycles. The Morgan fingerprint density at radius 2 is 1.52 bits per heavy atom. The van der Waals surface area contributed by atoms with Crippen LogP contribution in [-0.2, 0) is 16.1 Å². The van der Waals surface area contributed by atoms with Gasteiger partial charge in [0.15, 0.2) is 0 Å². The van der Waals surface area contributed by atoms with Crippen molar-refractivity contribution in [1.29, 1.82) is 0 Å². The van der Waals surface area contributed by atoms with Gasteiger partial charge in [0, 0.05) is 0 Å². The van der Waals surface area contributed by atoms with Gasteiger partial charge in [-0.1, -0.05) is 60.7 Å². The van der Waals surface area contributed by atoms with Gasteiger partial charge >= 0.3 is 0 Å². The van der Waals surface area contributed by atoms with Gasteiger partial charge in [0.1, 0.15) is 11.6 Å². The highest BCUT2D eigenvalue weighted by molar-refractivity contribution is 6.52. The molecule has 0 bridgehead atoms. The van der Waals surface area contributed by atoms with Gasteiger partial charge in [-0.05, 0) is 11.1 Å². The van der Waals surface area contributed by atoms with Gasteiger partial charge in [-0.2, -0.15) is 0 Å². The van der Waals surface area contributed by atoms with Crippen LogP contribution in [0.25, 0.3) is 0 Å². The van der Waals surface area contributed by atoms with E-state index >= 15 is 0 Å². The molecule has 1 aliphatic heterocycles. The van der Waals surface area contributed by atoms with E-state index < -0.39 is 11.8 Å². The number of imide groups is 1. The number of hydrogen-bond donors (Lipinski definition) is 1. The Morgan fingerprint density at radius 1 is 0.905 bits per heavy atom. The normalized spacial score (nSPS) is 19.8. The second kappa shape index (κ2) is 5.71. The molecular weight excluding hydrogens is 264 g/mol. The van der Waals surface area contributed by atoms with E-state index in [0.717, 1.165) is 11.1 Å². The van der Waals surface area contributed by atoms with Crippen molar-refractivity contribution in [3.8, 4) is 0 Å². The minimum absolute atomic E-state index is 0.287. The topological polar surface area (TPSA) is 58.5 Å². The molecule has 2 amide bonds. The first-order valence-corrected chi connectivity index (χ1v) is 6.74. The van der Waals surface area contributed by atoms with E-state index in [1.54, 1.807) is 0 Å². The van der Waals surface area contributed by atoms with Crippen molar-refractivity contribution in [2.75, 3.05) is 0 Å². The summed E-state index contributed by atoms with van der Waals surface area (Å²) >= 11 is 0. The molecule has 0 radical (unpaired) electrons. The van der Waals surface area contributed by atoms with Crippen molar-refractivity contribution >= 4 is 17.5 Å².